The zero-order chi connectivity index (χ0) is 18.9. The van der Waals surface area contributed by atoms with Crippen LogP contribution in [-0.4, -0.2) is 23.3 Å². The molecule has 6 atom stereocenters. The minimum absolute atomic E-state index is 0.00221. The van der Waals surface area contributed by atoms with Gasteiger partial charge in [0.1, 0.15) is 6.61 Å². The smallest absolute Gasteiger partial charge is 0.178 e. The first-order chi connectivity index (χ1) is 12.2. The van der Waals surface area contributed by atoms with E-state index in [9.17, 15) is 14.7 Å². The van der Waals surface area contributed by atoms with E-state index in [-0.39, 0.29) is 34.9 Å². The Morgan fingerprint density at radius 3 is 2.73 bits per heavy atom. The standard InChI is InChI=1S/C23H30O3/c1-14-11-19-17-6-5-15-12-16(25)7-9-21(15,2)18(17)8-10-22(19,3)23(14,4)20(26)13-24/h7-9,12,14,17,19,24H,5-6,10-11,13H2,1-4H3/t14-,17-,19+,21+,22+,23-/m1/s1. The number of carbonyl (C=O) groups is 2. The highest BCUT2D eigenvalue weighted by molar-refractivity contribution is 6.01. The summed E-state index contributed by atoms with van der Waals surface area (Å²) in [4.78, 5) is 24.6. The van der Waals surface area contributed by atoms with Gasteiger partial charge in [0, 0.05) is 10.8 Å². The van der Waals surface area contributed by atoms with Crippen LogP contribution in [-0.2, 0) is 9.59 Å². The number of rotatable bonds is 2. The van der Waals surface area contributed by atoms with Crippen LogP contribution in [0.5, 0.6) is 0 Å². The van der Waals surface area contributed by atoms with Crippen LogP contribution >= 0.6 is 0 Å². The zero-order valence-electron chi connectivity index (χ0n) is 16.3. The van der Waals surface area contributed by atoms with Gasteiger partial charge in [0.05, 0.1) is 0 Å². The predicted octanol–water partition coefficient (Wildman–Crippen LogP) is 4.03. The van der Waals surface area contributed by atoms with Crippen LogP contribution in [0.4, 0.5) is 0 Å². The van der Waals surface area contributed by atoms with Crippen LogP contribution in [0.15, 0.2) is 35.5 Å². The van der Waals surface area contributed by atoms with Crippen LogP contribution in [0, 0.1) is 34.0 Å². The molecule has 0 unspecified atom stereocenters. The molecule has 0 aromatic carbocycles. The van der Waals surface area contributed by atoms with Crippen molar-refractivity contribution < 1.29 is 14.7 Å². The summed E-state index contributed by atoms with van der Waals surface area (Å²) in [5.74, 6) is 1.30. The van der Waals surface area contributed by atoms with Crippen molar-refractivity contribution >= 4 is 11.6 Å². The number of allylic oxidation sites excluding steroid dienone is 6. The summed E-state index contributed by atoms with van der Waals surface area (Å²) < 4.78 is 0. The van der Waals surface area contributed by atoms with Gasteiger partial charge in [0.2, 0.25) is 0 Å². The topological polar surface area (TPSA) is 54.4 Å². The first-order valence-electron chi connectivity index (χ1n) is 9.97. The van der Waals surface area contributed by atoms with Gasteiger partial charge in [-0.2, -0.15) is 0 Å². The molecule has 0 bridgehead atoms. The monoisotopic (exact) mass is 354 g/mol. The van der Waals surface area contributed by atoms with E-state index in [1.54, 1.807) is 6.08 Å². The Balaban J connectivity index is 1.79. The minimum atomic E-state index is -0.468. The number of aliphatic hydroxyl groups is 1. The lowest BCUT2D eigenvalue weighted by Crippen LogP contribution is -2.50. The quantitative estimate of drug-likeness (QED) is 0.762. The van der Waals surface area contributed by atoms with Crippen molar-refractivity contribution in [1.29, 1.82) is 0 Å². The summed E-state index contributed by atoms with van der Waals surface area (Å²) in [5.41, 5.74) is 1.99. The molecular weight excluding hydrogens is 324 g/mol. The van der Waals surface area contributed by atoms with Crippen LogP contribution in [0.2, 0.25) is 0 Å². The molecule has 4 aliphatic rings. The van der Waals surface area contributed by atoms with Gasteiger partial charge in [-0.1, -0.05) is 44.1 Å². The average Bonchev–Trinajstić information content (AvgIpc) is 2.83. The Labute approximate surface area is 156 Å². The number of hydrogen-bond acceptors (Lipinski definition) is 3. The second kappa shape index (κ2) is 5.51. The van der Waals surface area contributed by atoms with Crippen molar-refractivity contribution in [2.75, 3.05) is 6.61 Å². The molecule has 0 aliphatic heterocycles. The van der Waals surface area contributed by atoms with E-state index in [1.165, 1.54) is 11.1 Å². The van der Waals surface area contributed by atoms with Crippen LogP contribution < -0.4 is 0 Å². The lowest BCUT2D eigenvalue weighted by Gasteiger charge is -2.54. The number of hydrogen-bond donors (Lipinski definition) is 1. The Bertz CT molecular complexity index is 772. The fourth-order valence-corrected chi connectivity index (χ4v) is 6.85. The maximum Gasteiger partial charge on any atom is 0.178 e. The van der Waals surface area contributed by atoms with Gasteiger partial charge < -0.3 is 5.11 Å². The molecule has 0 aromatic rings. The maximum atomic E-state index is 12.8. The lowest BCUT2D eigenvalue weighted by molar-refractivity contribution is -0.141. The number of Topliss-reactive ketones (excluding diaryl/α,β-unsaturated/α-hetero) is 1. The maximum absolute atomic E-state index is 12.8. The molecule has 4 rings (SSSR count). The Kier molecular flexibility index (Phi) is 3.80. The van der Waals surface area contributed by atoms with E-state index >= 15 is 0 Å². The van der Waals surface area contributed by atoms with Crippen molar-refractivity contribution in [2.24, 2.45) is 34.0 Å². The molecule has 0 radical (unpaired) electrons. The van der Waals surface area contributed by atoms with Crippen molar-refractivity contribution in [3.63, 3.8) is 0 Å². The van der Waals surface area contributed by atoms with Crippen molar-refractivity contribution in [1.82, 2.24) is 0 Å². The van der Waals surface area contributed by atoms with E-state index < -0.39 is 5.41 Å². The summed E-state index contributed by atoms with van der Waals surface area (Å²) >= 11 is 0. The highest BCUT2D eigenvalue weighted by atomic mass is 16.3. The normalized spacial score (nSPS) is 46.8. The summed E-state index contributed by atoms with van der Waals surface area (Å²) in [6.45, 7) is 8.44. The summed E-state index contributed by atoms with van der Waals surface area (Å²) in [7, 11) is 0. The second-order valence-corrected chi connectivity index (χ2v) is 9.56. The highest BCUT2D eigenvalue weighted by Crippen LogP contribution is 2.69. The highest BCUT2D eigenvalue weighted by Gasteiger charge is 2.65. The van der Waals surface area contributed by atoms with Gasteiger partial charge in [0.15, 0.2) is 11.6 Å². The summed E-state index contributed by atoms with van der Waals surface area (Å²) in [6, 6.07) is 0. The van der Waals surface area contributed by atoms with Crippen molar-refractivity contribution in [3.8, 4) is 0 Å². The summed E-state index contributed by atoms with van der Waals surface area (Å²) in [6.07, 6.45) is 12.0. The lowest BCUT2D eigenvalue weighted by atomic mass is 9.49. The third kappa shape index (κ3) is 1.98. The van der Waals surface area contributed by atoms with Crippen LogP contribution in [0.25, 0.3) is 0 Å². The van der Waals surface area contributed by atoms with Gasteiger partial charge in [0.25, 0.3) is 0 Å². The molecule has 0 spiro atoms. The fraction of sp³-hybridized carbons (Fsp3) is 0.652. The molecule has 140 valence electrons. The number of ketones is 2. The molecular formula is C23H30O3. The first-order valence-corrected chi connectivity index (χ1v) is 9.97. The Morgan fingerprint density at radius 2 is 2.04 bits per heavy atom. The van der Waals surface area contributed by atoms with Crippen LogP contribution in [0.1, 0.15) is 53.4 Å². The van der Waals surface area contributed by atoms with E-state index in [0.29, 0.717) is 11.8 Å². The molecule has 0 amide bonds. The molecule has 0 heterocycles. The molecule has 26 heavy (non-hydrogen) atoms. The van der Waals surface area contributed by atoms with Gasteiger partial charge in [-0.15, -0.1) is 0 Å². The van der Waals surface area contributed by atoms with E-state index in [1.807, 2.05) is 6.08 Å². The molecule has 0 saturated heterocycles. The SMILES string of the molecule is C[C@@H]1C[C@H]2[C@@H]3CCC4=CC(=O)C=C[C@]4(C)C3=CC[C@]2(C)[C@@]1(C)C(=O)CO. The number of fused-ring (bicyclic) bond motifs is 5. The number of carbonyl (C=O) groups excluding carboxylic acids is 2. The second-order valence-electron chi connectivity index (χ2n) is 9.56. The third-order valence-electron chi connectivity index (χ3n) is 8.84. The van der Waals surface area contributed by atoms with E-state index in [2.05, 4.69) is 39.8 Å². The average molecular weight is 354 g/mol. The molecule has 4 aliphatic carbocycles. The Morgan fingerprint density at radius 1 is 1.31 bits per heavy atom. The van der Waals surface area contributed by atoms with E-state index in [0.717, 1.165) is 25.7 Å². The fourth-order valence-electron chi connectivity index (χ4n) is 6.85. The van der Waals surface area contributed by atoms with Gasteiger partial charge in [-0.25, -0.2) is 0 Å². The number of aliphatic hydroxyl groups excluding tert-OH is 1. The van der Waals surface area contributed by atoms with E-state index in [4.69, 9.17) is 0 Å². The van der Waals surface area contributed by atoms with Crippen molar-refractivity contribution in [3.05, 3.63) is 35.5 Å². The summed E-state index contributed by atoms with van der Waals surface area (Å²) in [5, 5.41) is 9.62. The molecule has 3 nitrogen and oxygen atoms in total. The third-order valence-corrected chi connectivity index (χ3v) is 8.84. The minimum Gasteiger partial charge on any atom is -0.389 e. The van der Waals surface area contributed by atoms with Crippen LogP contribution in [0.3, 0.4) is 0 Å². The largest absolute Gasteiger partial charge is 0.389 e. The van der Waals surface area contributed by atoms with Gasteiger partial charge >= 0.3 is 0 Å². The zero-order valence-corrected chi connectivity index (χ0v) is 16.3. The van der Waals surface area contributed by atoms with Gasteiger partial charge in [-0.05, 0) is 67.9 Å². The Hall–Kier alpha value is -1.48. The molecule has 0 aromatic heterocycles. The molecule has 2 saturated carbocycles. The van der Waals surface area contributed by atoms with Gasteiger partial charge in [-0.3, -0.25) is 9.59 Å². The predicted molar refractivity (Wildman–Crippen MR) is 101 cm³/mol. The molecule has 3 heteroatoms. The molecule has 1 N–H and O–H groups in total. The van der Waals surface area contributed by atoms with Crippen molar-refractivity contribution in [2.45, 2.75) is 53.4 Å². The molecule has 2 fully saturated rings. The first kappa shape index (κ1) is 17.9.